The first kappa shape index (κ1) is 29.1. The predicted molar refractivity (Wildman–Crippen MR) is 156 cm³/mol. The molecule has 13 heteroatoms. The van der Waals surface area contributed by atoms with E-state index in [0.717, 1.165) is 27.8 Å². The SMILES string of the molecule is COc1cc(/C=C2/SC(=O)N(CC(=O)Nc3cc(Cl)ccc3C)C2=O)c(Br)cc1OCc1ccc([N+](=O)[O-])cc1. The second-order valence-corrected chi connectivity index (χ2v) is 10.8. The van der Waals surface area contributed by atoms with Crippen LogP contribution in [0.25, 0.3) is 6.08 Å². The van der Waals surface area contributed by atoms with Gasteiger partial charge in [-0.1, -0.05) is 33.6 Å². The third-order valence-corrected chi connectivity index (χ3v) is 7.59. The minimum atomic E-state index is -0.600. The number of thioether (sulfide) groups is 1. The number of imide groups is 1. The molecule has 40 heavy (non-hydrogen) atoms. The summed E-state index contributed by atoms with van der Waals surface area (Å²) in [5, 5.41) is 13.4. The maximum Gasteiger partial charge on any atom is 0.294 e. The number of hydrogen-bond donors (Lipinski definition) is 1. The van der Waals surface area contributed by atoms with Crippen LogP contribution in [-0.4, -0.2) is 40.5 Å². The van der Waals surface area contributed by atoms with Crippen molar-refractivity contribution in [1.29, 1.82) is 0 Å². The average Bonchev–Trinajstić information content (AvgIpc) is 3.18. The number of benzene rings is 3. The number of nitro benzene ring substituents is 1. The van der Waals surface area contributed by atoms with Crippen LogP contribution >= 0.6 is 39.3 Å². The summed E-state index contributed by atoms with van der Waals surface area (Å²) in [6.45, 7) is 1.48. The molecule has 0 bridgehead atoms. The third kappa shape index (κ3) is 6.82. The highest BCUT2D eigenvalue weighted by atomic mass is 79.9. The minimum absolute atomic E-state index is 0.0188. The highest BCUT2D eigenvalue weighted by molar-refractivity contribution is 9.10. The van der Waals surface area contributed by atoms with Gasteiger partial charge in [-0.05, 0) is 77.9 Å². The van der Waals surface area contributed by atoms with Gasteiger partial charge in [-0.3, -0.25) is 29.4 Å². The van der Waals surface area contributed by atoms with Crippen molar-refractivity contribution < 1.29 is 28.8 Å². The van der Waals surface area contributed by atoms with E-state index in [-0.39, 0.29) is 17.2 Å². The molecule has 0 unspecified atom stereocenters. The molecule has 206 valence electrons. The Balaban J connectivity index is 1.46. The molecular weight excluding hydrogens is 626 g/mol. The fraction of sp³-hybridized carbons (Fsp3) is 0.148. The van der Waals surface area contributed by atoms with Crippen molar-refractivity contribution in [3.8, 4) is 11.5 Å². The summed E-state index contributed by atoms with van der Waals surface area (Å²) in [4.78, 5) is 49.5. The molecule has 3 amide bonds. The number of carbonyl (C=O) groups is 3. The van der Waals surface area contributed by atoms with Crippen molar-refractivity contribution in [2.75, 3.05) is 19.0 Å². The van der Waals surface area contributed by atoms with E-state index in [1.165, 1.54) is 25.3 Å². The van der Waals surface area contributed by atoms with E-state index in [4.69, 9.17) is 21.1 Å². The first-order valence-electron chi connectivity index (χ1n) is 11.6. The van der Waals surface area contributed by atoms with Gasteiger partial charge in [0.1, 0.15) is 13.2 Å². The molecule has 1 fully saturated rings. The first-order chi connectivity index (χ1) is 19.0. The zero-order chi connectivity index (χ0) is 29.0. The molecule has 1 saturated heterocycles. The minimum Gasteiger partial charge on any atom is -0.493 e. The summed E-state index contributed by atoms with van der Waals surface area (Å²) in [6, 6.07) is 14.3. The first-order valence-corrected chi connectivity index (χ1v) is 13.6. The van der Waals surface area contributed by atoms with E-state index in [1.807, 2.05) is 0 Å². The van der Waals surface area contributed by atoms with E-state index < -0.39 is 28.5 Å². The molecular formula is C27H21BrClN3O7S. The monoisotopic (exact) mass is 645 g/mol. The van der Waals surface area contributed by atoms with Crippen LogP contribution in [0.1, 0.15) is 16.7 Å². The quantitative estimate of drug-likeness (QED) is 0.157. The number of amides is 3. The molecule has 0 atom stereocenters. The molecule has 0 aliphatic carbocycles. The van der Waals surface area contributed by atoms with Gasteiger partial charge in [0.2, 0.25) is 5.91 Å². The number of nitrogens with one attached hydrogen (secondary N) is 1. The summed E-state index contributed by atoms with van der Waals surface area (Å²) >= 11 is 10.2. The molecule has 3 aromatic rings. The van der Waals surface area contributed by atoms with Crippen LogP contribution in [0.2, 0.25) is 5.02 Å². The molecule has 0 radical (unpaired) electrons. The lowest BCUT2D eigenvalue weighted by Gasteiger charge is -2.14. The van der Waals surface area contributed by atoms with Crippen LogP contribution in [0.5, 0.6) is 11.5 Å². The lowest BCUT2D eigenvalue weighted by Crippen LogP contribution is -2.36. The smallest absolute Gasteiger partial charge is 0.294 e. The maximum atomic E-state index is 13.0. The molecule has 1 aliphatic rings. The summed E-state index contributed by atoms with van der Waals surface area (Å²) in [5.74, 6) is -0.374. The van der Waals surface area contributed by atoms with Gasteiger partial charge in [0, 0.05) is 27.3 Å². The number of ether oxygens (including phenoxy) is 2. The van der Waals surface area contributed by atoms with Crippen molar-refractivity contribution >= 4 is 73.8 Å². The van der Waals surface area contributed by atoms with Crippen LogP contribution in [0.3, 0.4) is 0 Å². The second-order valence-electron chi connectivity index (χ2n) is 8.51. The topological polar surface area (TPSA) is 128 Å². The second kappa shape index (κ2) is 12.5. The molecule has 1 aliphatic heterocycles. The van der Waals surface area contributed by atoms with Crippen LogP contribution < -0.4 is 14.8 Å². The molecule has 4 rings (SSSR count). The zero-order valence-corrected chi connectivity index (χ0v) is 24.3. The largest absolute Gasteiger partial charge is 0.493 e. The number of carbonyl (C=O) groups excluding carboxylic acids is 3. The normalized spacial score (nSPS) is 14.0. The lowest BCUT2D eigenvalue weighted by molar-refractivity contribution is -0.384. The molecule has 0 aromatic heterocycles. The Hall–Kier alpha value is -3.87. The van der Waals surface area contributed by atoms with Crippen molar-refractivity contribution in [2.45, 2.75) is 13.5 Å². The Kier molecular flexibility index (Phi) is 9.13. The van der Waals surface area contributed by atoms with Gasteiger partial charge in [-0.25, -0.2) is 0 Å². The van der Waals surface area contributed by atoms with Crippen LogP contribution in [0, 0.1) is 17.0 Å². The van der Waals surface area contributed by atoms with E-state index in [9.17, 15) is 24.5 Å². The van der Waals surface area contributed by atoms with E-state index >= 15 is 0 Å². The number of methoxy groups -OCH3 is 1. The Morgan fingerprint density at radius 1 is 1.15 bits per heavy atom. The molecule has 1 heterocycles. The Morgan fingerprint density at radius 3 is 2.55 bits per heavy atom. The van der Waals surface area contributed by atoms with Gasteiger partial charge in [0.05, 0.1) is 16.9 Å². The van der Waals surface area contributed by atoms with Gasteiger partial charge in [0.25, 0.3) is 16.8 Å². The van der Waals surface area contributed by atoms with Gasteiger partial charge < -0.3 is 14.8 Å². The van der Waals surface area contributed by atoms with E-state index in [0.29, 0.717) is 32.2 Å². The Labute approximate surface area is 246 Å². The van der Waals surface area contributed by atoms with E-state index in [2.05, 4.69) is 21.2 Å². The van der Waals surface area contributed by atoms with Crippen molar-refractivity contribution in [1.82, 2.24) is 4.90 Å². The number of aryl methyl sites for hydroxylation is 1. The molecule has 3 aromatic carbocycles. The summed E-state index contributed by atoms with van der Waals surface area (Å²) in [7, 11) is 1.46. The summed E-state index contributed by atoms with van der Waals surface area (Å²) in [5.41, 5.74) is 2.52. The number of nitrogens with zero attached hydrogens (tertiary/aromatic N) is 2. The van der Waals surface area contributed by atoms with Gasteiger partial charge in [-0.2, -0.15) is 0 Å². The lowest BCUT2D eigenvalue weighted by atomic mass is 10.1. The van der Waals surface area contributed by atoms with Gasteiger partial charge in [0.15, 0.2) is 11.5 Å². The highest BCUT2D eigenvalue weighted by Crippen LogP contribution is 2.38. The standard InChI is InChI=1S/C27H21BrClN3O7S/c1-15-3-6-18(29)11-21(15)30-25(33)13-31-26(34)24(40-27(31)35)10-17-9-22(38-2)23(12-20(17)28)39-14-16-4-7-19(8-5-16)32(36)37/h3-12H,13-14H2,1-2H3,(H,30,33)/b24-10+. The maximum absolute atomic E-state index is 13.0. The summed E-state index contributed by atoms with van der Waals surface area (Å²) < 4.78 is 11.9. The van der Waals surface area contributed by atoms with Gasteiger partial charge >= 0.3 is 0 Å². The average molecular weight is 647 g/mol. The van der Waals surface area contributed by atoms with Crippen molar-refractivity contribution in [3.63, 3.8) is 0 Å². The number of hydrogen-bond acceptors (Lipinski definition) is 8. The molecule has 1 N–H and O–H groups in total. The molecule has 10 nitrogen and oxygen atoms in total. The fourth-order valence-corrected chi connectivity index (χ4v) is 5.09. The number of halogens is 2. The number of rotatable bonds is 9. The van der Waals surface area contributed by atoms with Gasteiger partial charge in [-0.15, -0.1) is 0 Å². The third-order valence-electron chi connectivity index (χ3n) is 5.76. The number of non-ortho nitro benzene ring substituents is 1. The Bertz CT molecular complexity index is 1550. The van der Waals surface area contributed by atoms with E-state index in [1.54, 1.807) is 49.4 Å². The molecule has 0 saturated carbocycles. The van der Waals surface area contributed by atoms with Crippen LogP contribution in [0.15, 0.2) is 64.0 Å². The number of anilines is 1. The van der Waals surface area contributed by atoms with Crippen molar-refractivity contribution in [2.24, 2.45) is 0 Å². The van der Waals surface area contributed by atoms with Crippen LogP contribution in [0.4, 0.5) is 16.2 Å². The zero-order valence-electron chi connectivity index (χ0n) is 21.1. The Morgan fingerprint density at radius 2 is 1.88 bits per heavy atom. The number of nitro groups is 1. The summed E-state index contributed by atoms with van der Waals surface area (Å²) in [6.07, 6.45) is 1.52. The van der Waals surface area contributed by atoms with Crippen molar-refractivity contribution in [3.05, 3.63) is 95.8 Å². The molecule has 0 spiro atoms. The predicted octanol–water partition coefficient (Wildman–Crippen LogP) is 6.58. The fourth-order valence-electron chi connectivity index (χ4n) is 3.65. The highest BCUT2D eigenvalue weighted by Gasteiger charge is 2.36. The van der Waals surface area contributed by atoms with Crippen LogP contribution in [-0.2, 0) is 16.2 Å².